The number of carbonyl (C=O) groups excluding carboxylic acids is 1. The number of anilines is 1. The fraction of sp³-hybridized carbons (Fsp3) is 0. The third-order valence-corrected chi connectivity index (χ3v) is 5.51. The summed E-state index contributed by atoms with van der Waals surface area (Å²) in [5, 5.41) is 21.6. The van der Waals surface area contributed by atoms with Crippen LogP contribution in [0.3, 0.4) is 0 Å². The maximum Gasteiger partial charge on any atom is 0.339 e. The lowest BCUT2D eigenvalue weighted by Gasteiger charge is -2.10. The van der Waals surface area contributed by atoms with Crippen molar-refractivity contribution in [2.75, 3.05) is 5.32 Å². The van der Waals surface area contributed by atoms with Crippen LogP contribution in [0.1, 0.15) is 5.56 Å². The van der Waals surface area contributed by atoms with Crippen LogP contribution < -0.4 is 9.50 Å². The van der Waals surface area contributed by atoms with E-state index in [1.807, 2.05) is 0 Å². The highest BCUT2D eigenvalue weighted by atomic mass is 35.5. The number of para-hydroxylation sites is 1. The number of phenolic OH excluding ortho intramolecular Hbond substituents is 1. The molecule has 0 spiro atoms. The molecule has 9 heteroatoms. The summed E-state index contributed by atoms with van der Waals surface area (Å²) < 4.78 is 30.4. The summed E-state index contributed by atoms with van der Waals surface area (Å²) in [4.78, 5) is 12.4. The van der Waals surface area contributed by atoms with Gasteiger partial charge in [-0.05, 0) is 60.7 Å². The summed E-state index contributed by atoms with van der Waals surface area (Å²) in [5.41, 5.74) is 0.323. The fourth-order valence-electron chi connectivity index (χ4n) is 2.49. The molecule has 0 unspecified atom stereocenters. The Morgan fingerprint density at radius 1 is 1.03 bits per heavy atom. The zero-order chi connectivity index (χ0) is 22.4. The van der Waals surface area contributed by atoms with E-state index < -0.39 is 16.0 Å². The second-order valence-corrected chi connectivity index (χ2v) is 8.18. The zero-order valence-corrected chi connectivity index (χ0v) is 17.4. The lowest BCUT2D eigenvalue weighted by atomic mass is 10.1. The van der Waals surface area contributed by atoms with Crippen molar-refractivity contribution in [3.8, 4) is 17.6 Å². The molecule has 0 heterocycles. The molecule has 0 bridgehead atoms. The zero-order valence-electron chi connectivity index (χ0n) is 15.8. The topological polar surface area (TPSA) is 116 Å². The Labute approximate surface area is 183 Å². The Balaban J connectivity index is 1.88. The third-order valence-electron chi connectivity index (χ3n) is 4.01. The van der Waals surface area contributed by atoms with E-state index in [1.165, 1.54) is 66.7 Å². The molecule has 0 aliphatic rings. The quantitative estimate of drug-likeness (QED) is 0.247. The number of hydrogen-bond donors (Lipinski definition) is 2. The molecule has 3 rings (SSSR count). The van der Waals surface area contributed by atoms with Gasteiger partial charge in [-0.1, -0.05) is 29.8 Å². The summed E-state index contributed by atoms with van der Waals surface area (Å²) in [6.45, 7) is 0. The number of nitriles is 1. The Morgan fingerprint density at radius 2 is 1.68 bits per heavy atom. The van der Waals surface area contributed by atoms with Crippen molar-refractivity contribution in [1.29, 1.82) is 5.26 Å². The highest BCUT2D eigenvalue weighted by molar-refractivity contribution is 7.87. The number of nitrogens with one attached hydrogen (secondary N) is 1. The van der Waals surface area contributed by atoms with Crippen LogP contribution in [0.2, 0.25) is 5.02 Å². The maximum atomic E-state index is 12.6. The van der Waals surface area contributed by atoms with Gasteiger partial charge < -0.3 is 14.6 Å². The van der Waals surface area contributed by atoms with Gasteiger partial charge in [0.25, 0.3) is 5.91 Å². The van der Waals surface area contributed by atoms with Crippen LogP contribution in [-0.4, -0.2) is 19.4 Å². The molecular weight excluding hydrogens is 440 g/mol. The van der Waals surface area contributed by atoms with Gasteiger partial charge in [-0.2, -0.15) is 13.7 Å². The molecule has 3 aromatic rings. The van der Waals surface area contributed by atoms with E-state index >= 15 is 0 Å². The van der Waals surface area contributed by atoms with E-state index in [2.05, 4.69) is 5.32 Å². The SMILES string of the molecule is N#C/C(=C\c1ccccc1OS(=O)(=O)c1ccc(Cl)cc1)C(=O)Nc1ccc(O)cc1. The van der Waals surface area contributed by atoms with Gasteiger partial charge in [0, 0.05) is 16.3 Å². The molecule has 0 saturated heterocycles. The smallest absolute Gasteiger partial charge is 0.339 e. The molecule has 0 aromatic heterocycles. The Morgan fingerprint density at radius 3 is 2.32 bits per heavy atom. The summed E-state index contributed by atoms with van der Waals surface area (Å²) in [7, 11) is -4.16. The number of rotatable bonds is 6. The Hall–Kier alpha value is -3.80. The first-order chi connectivity index (χ1) is 14.8. The van der Waals surface area contributed by atoms with Crippen LogP contribution in [0.15, 0.2) is 83.3 Å². The first kappa shape index (κ1) is 21.9. The molecule has 7 nitrogen and oxygen atoms in total. The van der Waals surface area contributed by atoms with Crippen LogP contribution in [0.25, 0.3) is 6.08 Å². The number of nitrogens with zero attached hydrogens (tertiary/aromatic N) is 1. The number of benzene rings is 3. The van der Waals surface area contributed by atoms with Crippen molar-refractivity contribution in [2.45, 2.75) is 4.90 Å². The molecular formula is C22H15ClN2O5S. The number of carbonyl (C=O) groups is 1. The average Bonchev–Trinajstić information content (AvgIpc) is 2.74. The van der Waals surface area contributed by atoms with E-state index in [9.17, 15) is 23.6 Å². The molecule has 1 amide bonds. The number of amides is 1. The lowest BCUT2D eigenvalue weighted by molar-refractivity contribution is -0.112. The van der Waals surface area contributed by atoms with Gasteiger partial charge in [0.15, 0.2) is 0 Å². The molecule has 0 atom stereocenters. The number of phenols is 1. The normalized spacial score (nSPS) is 11.4. The predicted octanol–water partition coefficient (Wildman–Crippen LogP) is 4.36. The number of halogens is 1. The van der Waals surface area contributed by atoms with Crippen molar-refractivity contribution in [3.05, 3.63) is 89.0 Å². The van der Waals surface area contributed by atoms with Crippen LogP contribution in [0.4, 0.5) is 5.69 Å². The summed E-state index contributed by atoms with van der Waals surface area (Å²) in [5.74, 6) is -0.729. The minimum atomic E-state index is -4.16. The van der Waals surface area contributed by atoms with Gasteiger partial charge in [0.1, 0.15) is 28.0 Å². The molecule has 31 heavy (non-hydrogen) atoms. The van der Waals surface area contributed by atoms with E-state index in [0.717, 1.165) is 0 Å². The Bertz CT molecular complexity index is 1280. The minimum Gasteiger partial charge on any atom is -0.508 e. The second-order valence-electron chi connectivity index (χ2n) is 6.20. The fourth-order valence-corrected chi connectivity index (χ4v) is 3.57. The van der Waals surface area contributed by atoms with Crippen molar-refractivity contribution in [2.24, 2.45) is 0 Å². The van der Waals surface area contributed by atoms with E-state index in [4.69, 9.17) is 15.8 Å². The molecule has 0 aliphatic heterocycles. The van der Waals surface area contributed by atoms with Gasteiger partial charge in [-0.15, -0.1) is 0 Å². The molecule has 0 radical (unpaired) electrons. The van der Waals surface area contributed by atoms with Gasteiger partial charge in [0.2, 0.25) is 0 Å². The molecule has 2 N–H and O–H groups in total. The van der Waals surface area contributed by atoms with Crippen LogP contribution >= 0.6 is 11.6 Å². The minimum absolute atomic E-state index is 0.0296. The summed E-state index contributed by atoms with van der Waals surface area (Å²) in [6, 6.07) is 19.1. The van der Waals surface area contributed by atoms with E-state index in [0.29, 0.717) is 10.7 Å². The summed E-state index contributed by atoms with van der Waals surface area (Å²) in [6.07, 6.45) is 1.22. The molecule has 3 aromatic carbocycles. The second kappa shape index (κ2) is 9.34. The number of hydrogen-bond acceptors (Lipinski definition) is 6. The highest BCUT2D eigenvalue weighted by Gasteiger charge is 2.19. The van der Waals surface area contributed by atoms with Gasteiger partial charge in [-0.25, -0.2) is 0 Å². The van der Waals surface area contributed by atoms with Crippen LogP contribution in [-0.2, 0) is 14.9 Å². The van der Waals surface area contributed by atoms with Crippen molar-refractivity contribution >= 4 is 39.4 Å². The van der Waals surface area contributed by atoms with Crippen LogP contribution in [0.5, 0.6) is 11.5 Å². The highest BCUT2D eigenvalue weighted by Crippen LogP contribution is 2.26. The first-order valence-electron chi connectivity index (χ1n) is 8.80. The lowest BCUT2D eigenvalue weighted by Crippen LogP contribution is -2.13. The molecule has 156 valence electrons. The van der Waals surface area contributed by atoms with Crippen molar-refractivity contribution < 1.29 is 22.5 Å². The predicted molar refractivity (Wildman–Crippen MR) is 116 cm³/mol. The Kier molecular flexibility index (Phi) is 6.60. The van der Waals surface area contributed by atoms with E-state index in [1.54, 1.807) is 18.2 Å². The largest absolute Gasteiger partial charge is 0.508 e. The van der Waals surface area contributed by atoms with Gasteiger partial charge in [0.05, 0.1) is 0 Å². The van der Waals surface area contributed by atoms with Crippen LogP contribution in [0, 0.1) is 11.3 Å². The number of aromatic hydroxyl groups is 1. The van der Waals surface area contributed by atoms with Crippen molar-refractivity contribution in [1.82, 2.24) is 0 Å². The average molecular weight is 455 g/mol. The molecule has 0 fully saturated rings. The summed E-state index contributed by atoms with van der Waals surface area (Å²) >= 11 is 5.79. The van der Waals surface area contributed by atoms with Gasteiger partial charge >= 0.3 is 10.1 Å². The molecule has 0 aliphatic carbocycles. The molecule has 0 saturated carbocycles. The third kappa shape index (κ3) is 5.63. The maximum absolute atomic E-state index is 12.6. The first-order valence-corrected chi connectivity index (χ1v) is 10.6. The monoisotopic (exact) mass is 454 g/mol. The standard InChI is InChI=1S/C22H15ClN2O5S/c23-17-5-11-20(12-6-17)31(28,29)30-21-4-2-1-3-15(21)13-16(14-24)22(27)25-18-7-9-19(26)10-8-18/h1-13,26H,(H,25,27)/b16-13+. The van der Waals surface area contributed by atoms with Gasteiger partial charge in [-0.3, -0.25) is 4.79 Å². The van der Waals surface area contributed by atoms with E-state index in [-0.39, 0.29) is 27.5 Å². The van der Waals surface area contributed by atoms with Crippen molar-refractivity contribution in [3.63, 3.8) is 0 Å².